The second kappa shape index (κ2) is 5.70. The highest BCUT2D eigenvalue weighted by Gasteiger charge is 2.12. The summed E-state index contributed by atoms with van der Waals surface area (Å²) in [5.74, 6) is 1.01. The van der Waals surface area contributed by atoms with E-state index in [1.54, 1.807) is 12.1 Å². The second-order valence-electron chi connectivity index (χ2n) is 4.27. The van der Waals surface area contributed by atoms with Crippen LogP contribution in [-0.2, 0) is 6.54 Å². The quantitative estimate of drug-likeness (QED) is 0.775. The molecule has 0 saturated heterocycles. The lowest BCUT2D eigenvalue weighted by Gasteiger charge is -2.19. The number of carbonyl (C=O) groups is 1. The highest BCUT2D eigenvalue weighted by molar-refractivity contribution is 5.89. The second-order valence-corrected chi connectivity index (χ2v) is 4.27. The van der Waals surface area contributed by atoms with Gasteiger partial charge < -0.3 is 15.5 Å². The maximum Gasteiger partial charge on any atom is 0.284 e. The summed E-state index contributed by atoms with van der Waals surface area (Å²) < 4.78 is 5.28. The molecule has 1 atom stereocenters. The number of nitrogens with one attached hydrogen (secondary N) is 1. The van der Waals surface area contributed by atoms with Crippen molar-refractivity contribution >= 4 is 5.91 Å². The maximum atomic E-state index is 10.8. The first kappa shape index (κ1) is 12.8. The van der Waals surface area contributed by atoms with Crippen molar-refractivity contribution in [2.75, 3.05) is 0 Å². The number of nitrogens with two attached hydrogens (primary N) is 1. The lowest BCUT2D eigenvalue weighted by molar-refractivity contribution is 0.0972. The van der Waals surface area contributed by atoms with Crippen LogP contribution in [0.5, 0.6) is 0 Å². The van der Waals surface area contributed by atoms with Gasteiger partial charge in [0.1, 0.15) is 5.76 Å². The SMILES string of the molecule is CCC(NCc1ccc(C(N)=O)o1)C(C)C. The van der Waals surface area contributed by atoms with Crippen molar-refractivity contribution < 1.29 is 9.21 Å². The molecule has 0 spiro atoms. The topological polar surface area (TPSA) is 68.3 Å². The third kappa shape index (κ3) is 3.38. The van der Waals surface area contributed by atoms with Crippen molar-refractivity contribution in [1.29, 1.82) is 0 Å². The van der Waals surface area contributed by atoms with E-state index in [0.717, 1.165) is 12.2 Å². The van der Waals surface area contributed by atoms with Crippen molar-refractivity contribution in [2.24, 2.45) is 11.7 Å². The van der Waals surface area contributed by atoms with Crippen LogP contribution in [0.2, 0.25) is 0 Å². The van der Waals surface area contributed by atoms with E-state index in [9.17, 15) is 4.79 Å². The lowest BCUT2D eigenvalue weighted by atomic mass is 10.0. The zero-order chi connectivity index (χ0) is 12.1. The highest BCUT2D eigenvalue weighted by atomic mass is 16.3. The highest BCUT2D eigenvalue weighted by Crippen LogP contribution is 2.10. The molecular weight excluding hydrogens is 204 g/mol. The summed E-state index contributed by atoms with van der Waals surface area (Å²) in [7, 11) is 0. The van der Waals surface area contributed by atoms with Gasteiger partial charge in [-0.05, 0) is 24.5 Å². The number of rotatable bonds is 6. The molecule has 4 heteroatoms. The van der Waals surface area contributed by atoms with Crippen LogP contribution in [0.25, 0.3) is 0 Å². The largest absolute Gasteiger partial charge is 0.455 e. The molecule has 1 unspecified atom stereocenters. The van der Waals surface area contributed by atoms with Gasteiger partial charge in [-0.2, -0.15) is 0 Å². The van der Waals surface area contributed by atoms with Crippen LogP contribution in [0.3, 0.4) is 0 Å². The van der Waals surface area contributed by atoms with Gasteiger partial charge in [0.15, 0.2) is 5.76 Å². The summed E-state index contributed by atoms with van der Waals surface area (Å²) in [5.41, 5.74) is 5.10. The molecule has 0 aliphatic heterocycles. The molecule has 0 aliphatic rings. The molecular formula is C12H20N2O2. The molecule has 0 bridgehead atoms. The van der Waals surface area contributed by atoms with Crippen LogP contribution >= 0.6 is 0 Å². The molecule has 1 heterocycles. The Kier molecular flexibility index (Phi) is 4.55. The Balaban J connectivity index is 2.50. The monoisotopic (exact) mass is 224 g/mol. The minimum Gasteiger partial charge on any atom is -0.455 e. The van der Waals surface area contributed by atoms with Crippen molar-refractivity contribution in [2.45, 2.75) is 39.8 Å². The zero-order valence-corrected chi connectivity index (χ0v) is 10.1. The summed E-state index contributed by atoms with van der Waals surface area (Å²) >= 11 is 0. The van der Waals surface area contributed by atoms with Gasteiger partial charge in [-0.15, -0.1) is 0 Å². The molecule has 90 valence electrons. The first-order valence-corrected chi connectivity index (χ1v) is 5.66. The van der Waals surface area contributed by atoms with Crippen molar-refractivity contribution in [3.05, 3.63) is 23.7 Å². The van der Waals surface area contributed by atoms with Crippen LogP contribution in [0.4, 0.5) is 0 Å². The lowest BCUT2D eigenvalue weighted by Crippen LogP contribution is -2.32. The van der Waals surface area contributed by atoms with Gasteiger partial charge in [-0.25, -0.2) is 0 Å². The summed E-state index contributed by atoms with van der Waals surface area (Å²) in [5, 5.41) is 3.39. The predicted octanol–water partition coefficient (Wildman–Crippen LogP) is 1.90. The molecule has 0 saturated carbocycles. The number of furan rings is 1. The summed E-state index contributed by atoms with van der Waals surface area (Å²) in [6, 6.07) is 3.85. The molecule has 1 rings (SSSR count). The smallest absolute Gasteiger partial charge is 0.284 e. The fourth-order valence-corrected chi connectivity index (χ4v) is 1.69. The fourth-order valence-electron chi connectivity index (χ4n) is 1.69. The first-order chi connectivity index (χ1) is 7.54. The van der Waals surface area contributed by atoms with E-state index in [2.05, 4.69) is 26.1 Å². The van der Waals surface area contributed by atoms with E-state index >= 15 is 0 Å². The Morgan fingerprint density at radius 1 is 1.50 bits per heavy atom. The normalized spacial score (nSPS) is 13.0. The van der Waals surface area contributed by atoms with Gasteiger partial charge in [-0.3, -0.25) is 4.79 Å². The van der Waals surface area contributed by atoms with Crippen LogP contribution < -0.4 is 11.1 Å². The molecule has 1 aromatic rings. The number of hydrogen-bond donors (Lipinski definition) is 2. The van der Waals surface area contributed by atoms with E-state index in [0.29, 0.717) is 18.5 Å². The van der Waals surface area contributed by atoms with Gasteiger partial charge in [0.05, 0.1) is 6.54 Å². The van der Waals surface area contributed by atoms with Crippen molar-refractivity contribution in [3.8, 4) is 0 Å². The number of primary amides is 1. The number of carbonyl (C=O) groups excluding carboxylic acids is 1. The Labute approximate surface area is 96.2 Å². The van der Waals surface area contributed by atoms with Crippen LogP contribution in [0.15, 0.2) is 16.5 Å². The predicted molar refractivity (Wildman–Crippen MR) is 63.0 cm³/mol. The summed E-state index contributed by atoms with van der Waals surface area (Å²) in [6.07, 6.45) is 1.07. The number of amides is 1. The van der Waals surface area contributed by atoms with E-state index in [-0.39, 0.29) is 5.76 Å². The summed E-state index contributed by atoms with van der Waals surface area (Å²) in [6.45, 7) is 7.13. The minimum absolute atomic E-state index is 0.217. The molecule has 0 fully saturated rings. The van der Waals surface area contributed by atoms with E-state index in [4.69, 9.17) is 10.2 Å². The van der Waals surface area contributed by atoms with E-state index < -0.39 is 5.91 Å². The Morgan fingerprint density at radius 3 is 2.62 bits per heavy atom. The van der Waals surface area contributed by atoms with E-state index in [1.807, 2.05) is 0 Å². The molecule has 16 heavy (non-hydrogen) atoms. The van der Waals surface area contributed by atoms with Crippen LogP contribution in [0.1, 0.15) is 43.5 Å². The molecule has 1 aromatic heterocycles. The van der Waals surface area contributed by atoms with Gasteiger partial charge in [0.2, 0.25) is 0 Å². The molecule has 4 nitrogen and oxygen atoms in total. The van der Waals surface area contributed by atoms with Crippen LogP contribution in [-0.4, -0.2) is 11.9 Å². The van der Waals surface area contributed by atoms with E-state index in [1.165, 1.54) is 0 Å². The first-order valence-electron chi connectivity index (χ1n) is 5.66. The zero-order valence-electron chi connectivity index (χ0n) is 10.1. The Bertz CT molecular complexity index is 345. The maximum absolute atomic E-state index is 10.8. The third-order valence-electron chi connectivity index (χ3n) is 2.69. The fraction of sp³-hybridized carbons (Fsp3) is 0.583. The van der Waals surface area contributed by atoms with Crippen molar-refractivity contribution in [3.63, 3.8) is 0 Å². The van der Waals surface area contributed by atoms with Gasteiger partial charge >= 0.3 is 0 Å². The summed E-state index contributed by atoms with van der Waals surface area (Å²) in [4.78, 5) is 10.8. The van der Waals surface area contributed by atoms with Gasteiger partial charge in [-0.1, -0.05) is 20.8 Å². The molecule has 0 radical (unpaired) electrons. The standard InChI is InChI=1S/C12H20N2O2/c1-4-10(8(2)3)14-7-9-5-6-11(16-9)12(13)15/h5-6,8,10,14H,4,7H2,1-3H3,(H2,13,15). The molecule has 0 aliphatic carbocycles. The van der Waals surface area contributed by atoms with Crippen LogP contribution in [0, 0.1) is 5.92 Å². The molecule has 1 amide bonds. The third-order valence-corrected chi connectivity index (χ3v) is 2.69. The minimum atomic E-state index is -0.526. The number of hydrogen-bond acceptors (Lipinski definition) is 3. The molecule has 3 N–H and O–H groups in total. The average Bonchev–Trinajstić information content (AvgIpc) is 2.67. The average molecular weight is 224 g/mol. The van der Waals surface area contributed by atoms with Crippen molar-refractivity contribution in [1.82, 2.24) is 5.32 Å². The Hall–Kier alpha value is -1.29. The molecule has 0 aromatic carbocycles. The Morgan fingerprint density at radius 2 is 2.19 bits per heavy atom. The van der Waals surface area contributed by atoms with Gasteiger partial charge in [0.25, 0.3) is 5.91 Å². The van der Waals surface area contributed by atoms with Gasteiger partial charge in [0, 0.05) is 6.04 Å².